The molecule has 1 aromatic carbocycles. The summed E-state index contributed by atoms with van der Waals surface area (Å²) in [6, 6.07) is 1.60. The second kappa shape index (κ2) is 3.61. The molecule has 14 heavy (non-hydrogen) atoms. The number of halogens is 2. The van der Waals surface area contributed by atoms with Crippen molar-refractivity contribution in [3.63, 3.8) is 0 Å². The summed E-state index contributed by atoms with van der Waals surface area (Å²) in [6.07, 6.45) is 0. The normalized spacial score (nSPS) is 10.0. The Hall–Kier alpha value is -1.65. The van der Waals surface area contributed by atoms with Crippen molar-refractivity contribution in [1.82, 2.24) is 4.90 Å². The van der Waals surface area contributed by atoms with Crippen LogP contribution in [0.1, 0.15) is 10.4 Å². The van der Waals surface area contributed by atoms with Crippen LogP contribution in [0.25, 0.3) is 0 Å². The number of carbonyl (C=O) groups excluding carboxylic acids is 1. The molecule has 1 amide bonds. The summed E-state index contributed by atoms with van der Waals surface area (Å²) in [5.41, 5.74) is 5.27. The lowest BCUT2D eigenvalue weighted by Crippen LogP contribution is -2.23. The van der Waals surface area contributed by atoms with Crippen LogP contribution in [0.2, 0.25) is 0 Å². The van der Waals surface area contributed by atoms with Crippen LogP contribution < -0.4 is 5.73 Å². The Morgan fingerprint density at radius 2 is 1.79 bits per heavy atom. The van der Waals surface area contributed by atoms with E-state index < -0.39 is 17.5 Å². The van der Waals surface area contributed by atoms with Gasteiger partial charge in [-0.2, -0.15) is 0 Å². The van der Waals surface area contributed by atoms with Gasteiger partial charge in [0.05, 0.1) is 5.56 Å². The number of carbonyl (C=O) groups is 1. The van der Waals surface area contributed by atoms with Crippen LogP contribution in [0, 0.1) is 11.6 Å². The number of hydrogen-bond acceptors (Lipinski definition) is 2. The van der Waals surface area contributed by atoms with Gasteiger partial charge in [-0.25, -0.2) is 8.78 Å². The highest BCUT2D eigenvalue weighted by atomic mass is 19.2. The molecule has 0 bridgehead atoms. The van der Waals surface area contributed by atoms with Gasteiger partial charge in [-0.15, -0.1) is 0 Å². The molecule has 5 heteroatoms. The molecule has 0 unspecified atom stereocenters. The van der Waals surface area contributed by atoms with E-state index in [1.54, 1.807) is 0 Å². The van der Waals surface area contributed by atoms with Crippen molar-refractivity contribution >= 4 is 11.6 Å². The molecule has 76 valence electrons. The predicted octanol–water partition coefficient (Wildman–Crippen LogP) is 1.25. The minimum Gasteiger partial charge on any atom is -0.398 e. The van der Waals surface area contributed by atoms with Crippen LogP contribution in [0.5, 0.6) is 0 Å². The molecule has 3 nitrogen and oxygen atoms in total. The van der Waals surface area contributed by atoms with Gasteiger partial charge in [-0.05, 0) is 6.07 Å². The van der Waals surface area contributed by atoms with E-state index in [0.717, 1.165) is 12.1 Å². The monoisotopic (exact) mass is 200 g/mol. The molecule has 0 heterocycles. The topological polar surface area (TPSA) is 46.3 Å². The molecule has 0 spiro atoms. The van der Waals surface area contributed by atoms with Crippen molar-refractivity contribution < 1.29 is 13.6 Å². The number of rotatable bonds is 1. The zero-order valence-electron chi connectivity index (χ0n) is 7.84. The van der Waals surface area contributed by atoms with Gasteiger partial charge < -0.3 is 10.6 Å². The maximum atomic E-state index is 12.8. The third-order valence-corrected chi connectivity index (χ3v) is 1.73. The second-order valence-electron chi connectivity index (χ2n) is 3.05. The zero-order chi connectivity index (χ0) is 10.9. The first-order chi connectivity index (χ1) is 6.43. The zero-order valence-corrected chi connectivity index (χ0v) is 7.84. The quantitative estimate of drug-likeness (QED) is 0.693. The molecule has 0 atom stereocenters. The van der Waals surface area contributed by atoms with E-state index >= 15 is 0 Å². The molecule has 0 aliphatic carbocycles. The highest BCUT2D eigenvalue weighted by molar-refractivity contribution is 5.98. The predicted molar refractivity (Wildman–Crippen MR) is 48.8 cm³/mol. The standard InChI is InChI=1S/C9H10F2N2O/c1-13(2)9(14)5-3-6(10)7(11)4-8(5)12/h3-4H,12H2,1-2H3. The summed E-state index contributed by atoms with van der Waals surface area (Å²) in [5, 5.41) is 0. The lowest BCUT2D eigenvalue weighted by molar-refractivity contribution is 0.0828. The fraction of sp³-hybridized carbons (Fsp3) is 0.222. The minimum absolute atomic E-state index is 0.0334. The van der Waals surface area contributed by atoms with E-state index in [9.17, 15) is 13.6 Å². The molecular weight excluding hydrogens is 190 g/mol. The van der Waals surface area contributed by atoms with Gasteiger partial charge in [0.1, 0.15) is 0 Å². The molecule has 1 rings (SSSR count). The van der Waals surface area contributed by atoms with Crippen LogP contribution >= 0.6 is 0 Å². The van der Waals surface area contributed by atoms with Crippen molar-refractivity contribution in [2.75, 3.05) is 19.8 Å². The lowest BCUT2D eigenvalue weighted by Gasteiger charge is -2.12. The lowest BCUT2D eigenvalue weighted by atomic mass is 10.1. The Bertz CT molecular complexity index is 377. The summed E-state index contributed by atoms with van der Waals surface area (Å²) in [7, 11) is 3.01. The molecule has 2 N–H and O–H groups in total. The molecule has 0 radical (unpaired) electrons. The van der Waals surface area contributed by atoms with Crippen LogP contribution in [0.4, 0.5) is 14.5 Å². The number of nitrogens with two attached hydrogens (primary N) is 1. The van der Waals surface area contributed by atoms with Crippen LogP contribution in [-0.2, 0) is 0 Å². The fourth-order valence-electron chi connectivity index (χ4n) is 0.988. The third-order valence-electron chi connectivity index (χ3n) is 1.73. The van der Waals surface area contributed by atoms with E-state index in [2.05, 4.69) is 0 Å². The molecule has 0 saturated carbocycles. The number of amides is 1. The number of nitrogens with zero attached hydrogens (tertiary/aromatic N) is 1. The van der Waals surface area contributed by atoms with E-state index in [4.69, 9.17) is 5.73 Å². The second-order valence-corrected chi connectivity index (χ2v) is 3.05. The average Bonchev–Trinajstić information content (AvgIpc) is 2.10. The molecule has 0 aromatic heterocycles. The maximum Gasteiger partial charge on any atom is 0.255 e. The van der Waals surface area contributed by atoms with Gasteiger partial charge in [0.2, 0.25) is 0 Å². The van der Waals surface area contributed by atoms with E-state index in [0.29, 0.717) is 0 Å². The molecule has 0 fully saturated rings. The van der Waals surface area contributed by atoms with Crippen molar-refractivity contribution in [2.24, 2.45) is 0 Å². The Labute approximate surface area is 80.1 Å². The summed E-state index contributed by atoms with van der Waals surface area (Å²) in [6.45, 7) is 0. The average molecular weight is 200 g/mol. The van der Waals surface area contributed by atoms with Gasteiger partial charge >= 0.3 is 0 Å². The summed E-state index contributed by atoms with van der Waals surface area (Å²) in [4.78, 5) is 12.6. The maximum absolute atomic E-state index is 12.8. The van der Waals surface area contributed by atoms with Gasteiger partial charge in [0, 0.05) is 25.8 Å². The molecular formula is C9H10F2N2O. The SMILES string of the molecule is CN(C)C(=O)c1cc(F)c(F)cc1N. The number of hydrogen-bond donors (Lipinski definition) is 1. The van der Waals surface area contributed by atoms with E-state index in [1.165, 1.54) is 19.0 Å². The number of benzene rings is 1. The fourth-order valence-corrected chi connectivity index (χ4v) is 0.988. The number of nitrogen functional groups attached to an aromatic ring is 1. The first-order valence-corrected chi connectivity index (χ1v) is 3.89. The summed E-state index contributed by atoms with van der Waals surface area (Å²) >= 11 is 0. The largest absolute Gasteiger partial charge is 0.398 e. The van der Waals surface area contributed by atoms with E-state index in [-0.39, 0.29) is 11.3 Å². The highest BCUT2D eigenvalue weighted by Crippen LogP contribution is 2.17. The first kappa shape index (κ1) is 10.4. The third kappa shape index (κ3) is 1.81. The molecule has 0 saturated heterocycles. The number of anilines is 1. The van der Waals surface area contributed by atoms with Crippen molar-refractivity contribution in [1.29, 1.82) is 0 Å². The summed E-state index contributed by atoms with van der Waals surface area (Å²) < 4.78 is 25.4. The van der Waals surface area contributed by atoms with Crippen molar-refractivity contribution in [3.8, 4) is 0 Å². The van der Waals surface area contributed by atoms with Crippen molar-refractivity contribution in [2.45, 2.75) is 0 Å². The van der Waals surface area contributed by atoms with E-state index in [1.807, 2.05) is 0 Å². The van der Waals surface area contributed by atoms with Crippen LogP contribution in [-0.4, -0.2) is 24.9 Å². The molecule has 1 aromatic rings. The van der Waals surface area contributed by atoms with Crippen LogP contribution in [0.15, 0.2) is 12.1 Å². The highest BCUT2D eigenvalue weighted by Gasteiger charge is 2.15. The Morgan fingerprint density at radius 3 is 2.29 bits per heavy atom. The Balaban J connectivity index is 3.22. The molecule has 0 aliphatic heterocycles. The summed E-state index contributed by atoms with van der Waals surface area (Å²) in [5.74, 6) is -2.59. The molecule has 0 aliphatic rings. The van der Waals surface area contributed by atoms with Gasteiger partial charge in [-0.3, -0.25) is 4.79 Å². The van der Waals surface area contributed by atoms with Gasteiger partial charge in [0.25, 0.3) is 5.91 Å². The van der Waals surface area contributed by atoms with Crippen molar-refractivity contribution in [3.05, 3.63) is 29.3 Å². The minimum atomic E-state index is -1.08. The van der Waals surface area contributed by atoms with Gasteiger partial charge in [-0.1, -0.05) is 0 Å². The van der Waals surface area contributed by atoms with Crippen LogP contribution in [0.3, 0.4) is 0 Å². The Kier molecular flexibility index (Phi) is 2.69. The van der Waals surface area contributed by atoms with Gasteiger partial charge in [0.15, 0.2) is 11.6 Å². The Morgan fingerprint density at radius 1 is 1.29 bits per heavy atom. The first-order valence-electron chi connectivity index (χ1n) is 3.89. The smallest absolute Gasteiger partial charge is 0.255 e.